The molecule has 3 rings (SSSR count). The van der Waals surface area contributed by atoms with Gasteiger partial charge in [-0.1, -0.05) is 41.4 Å². The Kier molecular flexibility index (Phi) is 9.23. The largest absolute Gasteiger partial charge is 0.491 e. The van der Waals surface area contributed by atoms with E-state index in [1.165, 1.54) is 0 Å². The van der Waals surface area contributed by atoms with Crippen molar-refractivity contribution in [2.45, 2.75) is 44.9 Å². The molecule has 186 valence electrons. The summed E-state index contributed by atoms with van der Waals surface area (Å²) >= 11 is 12.4. The number of benzene rings is 2. The Morgan fingerprint density at radius 3 is 2.62 bits per heavy atom. The predicted octanol–water partition coefficient (Wildman–Crippen LogP) is 4.66. The summed E-state index contributed by atoms with van der Waals surface area (Å²) in [7, 11) is -3.59. The molecule has 1 amide bonds. The van der Waals surface area contributed by atoms with Crippen molar-refractivity contribution in [2.75, 3.05) is 26.0 Å². The molecule has 0 N–H and O–H groups in total. The molecule has 0 saturated carbocycles. The van der Waals surface area contributed by atoms with E-state index >= 15 is 0 Å². The zero-order valence-corrected chi connectivity index (χ0v) is 21.7. The Hall–Kier alpha value is -1.84. The fourth-order valence-corrected chi connectivity index (χ4v) is 4.64. The number of morpholine rings is 1. The van der Waals surface area contributed by atoms with Crippen molar-refractivity contribution < 1.29 is 26.9 Å². The van der Waals surface area contributed by atoms with E-state index in [-0.39, 0.29) is 31.5 Å². The number of rotatable bonds is 9. The van der Waals surface area contributed by atoms with Crippen LogP contribution in [0.3, 0.4) is 0 Å². The second-order valence-electron chi connectivity index (χ2n) is 8.42. The second kappa shape index (κ2) is 11.7. The molecule has 0 bridgehead atoms. The third-order valence-corrected chi connectivity index (χ3v) is 6.62. The first-order valence-corrected chi connectivity index (χ1v) is 13.6. The van der Waals surface area contributed by atoms with E-state index in [1.807, 2.05) is 38.1 Å². The summed E-state index contributed by atoms with van der Waals surface area (Å²) < 4.78 is 39.4. The summed E-state index contributed by atoms with van der Waals surface area (Å²) in [5.74, 6) is 0.620. The van der Waals surface area contributed by atoms with Crippen molar-refractivity contribution in [1.82, 2.24) is 4.90 Å². The highest BCUT2D eigenvalue weighted by Gasteiger charge is 2.36. The number of hydrogen-bond donors (Lipinski definition) is 0. The van der Waals surface area contributed by atoms with Crippen LogP contribution >= 0.6 is 23.2 Å². The molecule has 2 aromatic carbocycles. The highest BCUT2D eigenvalue weighted by molar-refractivity contribution is 7.85. The normalized spacial score (nSPS) is 18.8. The molecular weight excluding hydrogens is 501 g/mol. The van der Waals surface area contributed by atoms with Crippen molar-refractivity contribution in [3.05, 3.63) is 63.6 Å². The summed E-state index contributed by atoms with van der Waals surface area (Å²) in [4.78, 5) is 15.2. The third kappa shape index (κ3) is 7.58. The van der Waals surface area contributed by atoms with Crippen LogP contribution in [-0.4, -0.2) is 57.4 Å². The minimum absolute atomic E-state index is 0.0270. The van der Waals surface area contributed by atoms with Gasteiger partial charge >= 0.3 is 0 Å². The molecule has 10 heteroatoms. The van der Waals surface area contributed by atoms with E-state index in [9.17, 15) is 13.2 Å². The summed E-state index contributed by atoms with van der Waals surface area (Å²) in [5, 5.41) is 0.765. The van der Waals surface area contributed by atoms with Crippen LogP contribution in [0.15, 0.2) is 42.5 Å². The van der Waals surface area contributed by atoms with Crippen LogP contribution in [0.4, 0.5) is 0 Å². The van der Waals surface area contributed by atoms with Gasteiger partial charge in [-0.05, 0) is 49.2 Å². The summed E-state index contributed by atoms with van der Waals surface area (Å²) in [6.07, 6.45) is 1.00. The van der Waals surface area contributed by atoms with Crippen LogP contribution in [0.1, 0.15) is 37.4 Å². The van der Waals surface area contributed by atoms with E-state index < -0.39 is 22.3 Å². The molecule has 1 unspecified atom stereocenters. The van der Waals surface area contributed by atoms with Crippen molar-refractivity contribution in [1.29, 1.82) is 0 Å². The Labute approximate surface area is 211 Å². The number of halogens is 2. The van der Waals surface area contributed by atoms with Crippen molar-refractivity contribution in [3.63, 3.8) is 0 Å². The minimum Gasteiger partial charge on any atom is -0.491 e. The van der Waals surface area contributed by atoms with Gasteiger partial charge in [-0.3, -0.25) is 8.98 Å². The summed E-state index contributed by atoms with van der Waals surface area (Å²) in [6.45, 7) is 4.54. The average Bonchev–Trinajstić information content (AvgIpc) is 2.74. The first kappa shape index (κ1) is 26.8. The Bertz CT molecular complexity index is 1110. The minimum atomic E-state index is -3.59. The van der Waals surface area contributed by atoms with Gasteiger partial charge in [-0.15, -0.1) is 0 Å². The van der Waals surface area contributed by atoms with E-state index in [1.54, 1.807) is 23.1 Å². The zero-order valence-electron chi connectivity index (χ0n) is 19.4. The highest BCUT2D eigenvalue weighted by atomic mass is 35.5. The van der Waals surface area contributed by atoms with Gasteiger partial charge in [0.25, 0.3) is 10.1 Å². The molecule has 1 aliphatic rings. The second-order valence-corrected chi connectivity index (χ2v) is 10.9. The topological polar surface area (TPSA) is 82.1 Å². The molecule has 0 aromatic heterocycles. The van der Waals surface area contributed by atoms with E-state index in [2.05, 4.69) is 0 Å². The van der Waals surface area contributed by atoms with Crippen LogP contribution < -0.4 is 4.74 Å². The van der Waals surface area contributed by atoms with Gasteiger partial charge in [0.05, 0.1) is 54.2 Å². The first-order chi connectivity index (χ1) is 16.0. The first-order valence-electron chi connectivity index (χ1n) is 11.0. The highest BCUT2D eigenvalue weighted by Crippen LogP contribution is 2.35. The van der Waals surface area contributed by atoms with Crippen molar-refractivity contribution >= 4 is 39.2 Å². The Morgan fingerprint density at radius 2 is 1.94 bits per heavy atom. The maximum atomic E-state index is 13.5. The van der Waals surface area contributed by atoms with Gasteiger partial charge in [0, 0.05) is 13.0 Å². The molecule has 1 aliphatic heterocycles. The van der Waals surface area contributed by atoms with Crippen LogP contribution in [0.2, 0.25) is 10.0 Å². The third-order valence-electron chi connectivity index (χ3n) is 5.28. The Balaban J connectivity index is 1.85. The van der Waals surface area contributed by atoms with Crippen LogP contribution in [-0.2, 0) is 30.3 Å². The van der Waals surface area contributed by atoms with E-state index in [0.717, 1.165) is 17.4 Å². The lowest BCUT2D eigenvalue weighted by atomic mass is 9.95. The van der Waals surface area contributed by atoms with Gasteiger partial charge in [0.15, 0.2) is 0 Å². The molecule has 0 radical (unpaired) electrons. The SMILES string of the molecule is CC(C)Oc1cccc(CC(=O)N2CCO[C@H](CCOS(C)(=O)=O)C2c2ccc(Cl)c(Cl)c2)c1. The molecule has 34 heavy (non-hydrogen) atoms. The van der Waals surface area contributed by atoms with Gasteiger partial charge in [-0.2, -0.15) is 8.42 Å². The lowest BCUT2D eigenvalue weighted by Gasteiger charge is -2.42. The van der Waals surface area contributed by atoms with Gasteiger partial charge in [-0.25, -0.2) is 0 Å². The maximum Gasteiger partial charge on any atom is 0.264 e. The molecule has 1 heterocycles. The average molecular weight is 530 g/mol. The molecule has 2 atom stereocenters. The standard InChI is InChI=1S/C24H29Cl2NO6S/c1-16(2)33-19-6-4-5-17(13-19)14-23(28)27-10-12-31-22(9-11-32-34(3,29)30)24(27)18-7-8-20(25)21(26)15-18/h4-8,13,15-16,22,24H,9-12,14H2,1-3H3/t22-,24?/m1/s1. The summed E-state index contributed by atoms with van der Waals surface area (Å²) in [5.41, 5.74) is 1.59. The van der Waals surface area contributed by atoms with Crippen molar-refractivity contribution in [3.8, 4) is 5.75 Å². The predicted molar refractivity (Wildman–Crippen MR) is 132 cm³/mol. The maximum absolute atomic E-state index is 13.5. The van der Waals surface area contributed by atoms with Crippen molar-refractivity contribution in [2.24, 2.45) is 0 Å². The summed E-state index contributed by atoms with van der Waals surface area (Å²) in [6, 6.07) is 12.2. The number of amides is 1. The van der Waals surface area contributed by atoms with Gasteiger partial charge in [0.2, 0.25) is 5.91 Å². The molecule has 0 spiro atoms. The Morgan fingerprint density at radius 1 is 1.18 bits per heavy atom. The number of carbonyl (C=O) groups excluding carboxylic acids is 1. The van der Waals surface area contributed by atoms with E-state index in [4.69, 9.17) is 36.9 Å². The number of hydrogen-bond acceptors (Lipinski definition) is 6. The number of carbonyl (C=O) groups is 1. The monoisotopic (exact) mass is 529 g/mol. The number of ether oxygens (including phenoxy) is 2. The van der Waals surface area contributed by atoms with Gasteiger partial charge < -0.3 is 14.4 Å². The molecule has 2 aromatic rings. The van der Waals surface area contributed by atoms with Crippen LogP contribution in [0.25, 0.3) is 0 Å². The zero-order chi connectivity index (χ0) is 24.9. The van der Waals surface area contributed by atoms with Crippen LogP contribution in [0.5, 0.6) is 5.75 Å². The quantitative estimate of drug-likeness (QED) is 0.439. The fourth-order valence-electron chi connectivity index (χ4n) is 3.94. The molecule has 0 aliphatic carbocycles. The lowest BCUT2D eigenvalue weighted by molar-refractivity contribution is -0.147. The smallest absolute Gasteiger partial charge is 0.264 e. The lowest BCUT2D eigenvalue weighted by Crippen LogP contribution is -2.49. The van der Waals surface area contributed by atoms with Gasteiger partial charge in [0.1, 0.15) is 5.75 Å². The molecular formula is C24H29Cl2NO6S. The molecule has 1 saturated heterocycles. The molecule has 7 nitrogen and oxygen atoms in total. The van der Waals surface area contributed by atoms with E-state index in [0.29, 0.717) is 28.9 Å². The van der Waals surface area contributed by atoms with Crippen LogP contribution in [0, 0.1) is 0 Å². The fraction of sp³-hybridized carbons (Fsp3) is 0.458. The number of nitrogens with zero attached hydrogens (tertiary/aromatic N) is 1. The molecule has 1 fully saturated rings.